The highest BCUT2D eigenvalue weighted by atomic mass is 16.5. The Morgan fingerprint density at radius 2 is 1.60 bits per heavy atom. The van der Waals surface area contributed by atoms with Gasteiger partial charge in [-0.3, -0.25) is 0 Å². The van der Waals surface area contributed by atoms with Crippen molar-refractivity contribution in [3.8, 4) is 0 Å². The summed E-state index contributed by atoms with van der Waals surface area (Å²) in [7, 11) is 0. The first-order valence-electron chi connectivity index (χ1n) is 6.09. The van der Waals surface area contributed by atoms with Crippen molar-refractivity contribution >= 4 is 0 Å². The Kier molecular flexibility index (Phi) is 6.46. The Balaban J connectivity index is 3.82. The fraction of sp³-hybridized carbons (Fsp3) is 1.00. The molecule has 0 fully saturated rings. The Morgan fingerprint density at radius 1 is 1.07 bits per heavy atom. The van der Waals surface area contributed by atoms with Crippen LogP contribution in [0, 0.1) is 11.3 Å². The van der Waals surface area contributed by atoms with E-state index in [1.54, 1.807) is 0 Å². The van der Waals surface area contributed by atoms with Gasteiger partial charge in [0, 0.05) is 18.0 Å². The van der Waals surface area contributed by atoms with Gasteiger partial charge < -0.3 is 10.1 Å². The standard InChI is InChI=1S/C13H29NO/c1-10(2)12(5)15-9-13(6,7)8-14-11(3)4/h10-12,14H,8-9H2,1-7H3. The van der Waals surface area contributed by atoms with E-state index in [9.17, 15) is 0 Å². The second-order valence-electron chi connectivity index (χ2n) is 5.96. The van der Waals surface area contributed by atoms with Crippen molar-refractivity contribution in [1.82, 2.24) is 5.32 Å². The van der Waals surface area contributed by atoms with E-state index in [-0.39, 0.29) is 5.41 Å². The van der Waals surface area contributed by atoms with Gasteiger partial charge in [-0.1, -0.05) is 41.5 Å². The molecule has 92 valence electrons. The molecule has 0 spiro atoms. The van der Waals surface area contributed by atoms with Crippen LogP contribution in [0.5, 0.6) is 0 Å². The van der Waals surface area contributed by atoms with Gasteiger partial charge in [0.2, 0.25) is 0 Å². The zero-order valence-electron chi connectivity index (χ0n) is 11.6. The summed E-state index contributed by atoms with van der Waals surface area (Å²) in [5.74, 6) is 0.596. The Bertz CT molecular complexity index is 164. The van der Waals surface area contributed by atoms with Crippen LogP contribution in [-0.2, 0) is 4.74 Å². The van der Waals surface area contributed by atoms with Crippen molar-refractivity contribution in [3.63, 3.8) is 0 Å². The van der Waals surface area contributed by atoms with Crippen LogP contribution < -0.4 is 5.32 Å². The van der Waals surface area contributed by atoms with Gasteiger partial charge in [0.1, 0.15) is 0 Å². The molecule has 0 heterocycles. The molecule has 0 aliphatic rings. The van der Waals surface area contributed by atoms with E-state index in [1.807, 2.05) is 0 Å². The monoisotopic (exact) mass is 215 g/mol. The van der Waals surface area contributed by atoms with Crippen LogP contribution >= 0.6 is 0 Å². The van der Waals surface area contributed by atoms with Gasteiger partial charge in [0.05, 0.1) is 12.7 Å². The van der Waals surface area contributed by atoms with E-state index < -0.39 is 0 Å². The number of hydrogen-bond acceptors (Lipinski definition) is 2. The predicted molar refractivity (Wildman–Crippen MR) is 67.2 cm³/mol. The van der Waals surface area contributed by atoms with E-state index in [0.717, 1.165) is 13.2 Å². The van der Waals surface area contributed by atoms with Crippen LogP contribution in [0.1, 0.15) is 48.5 Å². The molecule has 0 saturated heterocycles. The minimum Gasteiger partial charge on any atom is -0.378 e. The molecule has 0 aromatic carbocycles. The van der Waals surface area contributed by atoms with Crippen LogP contribution in [-0.4, -0.2) is 25.3 Å². The van der Waals surface area contributed by atoms with Crippen molar-refractivity contribution in [1.29, 1.82) is 0 Å². The average molecular weight is 215 g/mol. The summed E-state index contributed by atoms with van der Waals surface area (Å²) in [4.78, 5) is 0. The van der Waals surface area contributed by atoms with Gasteiger partial charge in [-0.25, -0.2) is 0 Å². The normalized spacial score (nSPS) is 15.0. The third kappa shape index (κ3) is 7.80. The lowest BCUT2D eigenvalue weighted by Gasteiger charge is -2.29. The van der Waals surface area contributed by atoms with Gasteiger partial charge in [0.25, 0.3) is 0 Å². The van der Waals surface area contributed by atoms with Crippen molar-refractivity contribution in [3.05, 3.63) is 0 Å². The van der Waals surface area contributed by atoms with E-state index in [1.165, 1.54) is 0 Å². The van der Waals surface area contributed by atoms with E-state index in [0.29, 0.717) is 18.1 Å². The third-order valence-electron chi connectivity index (χ3n) is 2.66. The van der Waals surface area contributed by atoms with Crippen LogP contribution in [0.4, 0.5) is 0 Å². The number of rotatable bonds is 7. The zero-order valence-corrected chi connectivity index (χ0v) is 11.6. The molecular weight excluding hydrogens is 186 g/mol. The fourth-order valence-corrected chi connectivity index (χ4v) is 1.08. The highest BCUT2D eigenvalue weighted by molar-refractivity contribution is 4.73. The van der Waals surface area contributed by atoms with E-state index in [2.05, 4.69) is 53.8 Å². The molecule has 0 aliphatic heterocycles. The molecule has 0 bridgehead atoms. The summed E-state index contributed by atoms with van der Waals surface area (Å²) in [6, 6.07) is 0.548. The van der Waals surface area contributed by atoms with Gasteiger partial charge in [0.15, 0.2) is 0 Å². The molecule has 0 aromatic rings. The largest absolute Gasteiger partial charge is 0.378 e. The minimum atomic E-state index is 0.216. The maximum Gasteiger partial charge on any atom is 0.0570 e. The molecular formula is C13H29NO. The van der Waals surface area contributed by atoms with E-state index >= 15 is 0 Å². The van der Waals surface area contributed by atoms with Crippen molar-refractivity contribution in [2.75, 3.05) is 13.2 Å². The highest BCUT2D eigenvalue weighted by Crippen LogP contribution is 2.17. The fourth-order valence-electron chi connectivity index (χ4n) is 1.08. The van der Waals surface area contributed by atoms with Crippen molar-refractivity contribution in [2.45, 2.75) is 60.6 Å². The Morgan fingerprint density at radius 3 is 2.00 bits per heavy atom. The van der Waals surface area contributed by atoms with Crippen LogP contribution in [0.3, 0.4) is 0 Å². The maximum atomic E-state index is 5.86. The summed E-state index contributed by atoms with van der Waals surface area (Å²) in [6.45, 7) is 17.2. The smallest absolute Gasteiger partial charge is 0.0570 e. The number of hydrogen-bond donors (Lipinski definition) is 1. The van der Waals surface area contributed by atoms with Crippen LogP contribution in [0.2, 0.25) is 0 Å². The first kappa shape index (κ1) is 14.9. The number of ether oxygens (including phenoxy) is 1. The van der Waals surface area contributed by atoms with Gasteiger partial charge >= 0.3 is 0 Å². The Hall–Kier alpha value is -0.0800. The first-order chi connectivity index (χ1) is 6.74. The summed E-state index contributed by atoms with van der Waals surface area (Å²) in [5.41, 5.74) is 0.216. The summed E-state index contributed by atoms with van der Waals surface area (Å²) in [5, 5.41) is 3.46. The van der Waals surface area contributed by atoms with Crippen molar-refractivity contribution in [2.24, 2.45) is 11.3 Å². The minimum absolute atomic E-state index is 0.216. The lowest BCUT2D eigenvalue weighted by molar-refractivity contribution is -0.0101. The molecule has 2 nitrogen and oxygen atoms in total. The third-order valence-corrected chi connectivity index (χ3v) is 2.66. The van der Waals surface area contributed by atoms with E-state index in [4.69, 9.17) is 4.74 Å². The SMILES string of the molecule is CC(C)NCC(C)(C)COC(C)C(C)C. The molecule has 1 unspecified atom stereocenters. The Labute approximate surface area is 95.8 Å². The highest BCUT2D eigenvalue weighted by Gasteiger charge is 2.20. The van der Waals surface area contributed by atoms with Crippen LogP contribution in [0.15, 0.2) is 0 Å². The second kappa shape index (κ2) is 6.49. The summed E-state index contributed by atoms with van der Waals surface area (Å²) >= 11 is 0. The van der Waals surface area contributed by atoms with Gasteiger partial charge in [-0.2, -0.15) is 0 Å². The molecule has 0 aromatic heterocycles. The lowest BCUT2D eigenvalue weighted by atomic mass is 9.94. The maximum absolute atomic E-state index is 5.86. The topological polar surface area (TPSA) is 21.3 Å². The lowest BCUT2D eigenvalue weighted by Crippen LogP contribution is -2.37. The molecule has 0 amide bonds. The average Bonchev–Trinajstić information content (AvgIpc) is 2.11. The quantitative estimate of drug-likeness (QED) is 0.704. The summed E-state index contributed by atoms with van der Waals surface area (Å²) < 4.78 is 5.86. The van der Waals surface area contributed by atoms with Gasteiger partial charge in [-0.15, -0.1) is 0 Å². The number of nitrogens with one attached hydrogen (secondary N) is 1. The van der Waals surface area contributed by atoms with Gasteiger partial charge in [-0.05, 0) is 12.8 Å². The molecule has 0 rings (SSSR count). The molecule has 0 saturated carbocycles. The van der Waals surface area contributed by atoms with Crippen LogP contribution in [0.25, 0.3) is 0 Å². The first-order valence-corrected chi connectivity index (χ1v) is 6.09. The molecule has 1 N–H and O–H groups in total. The predicted octanol–water partition coefficient (Wildman–Crippen LogP) is 3.07. The van der Waals surface area contributed by atoms with Crippen molar-refractivity contribution < 1.29 is 4.74 Å². The summed E-state index contributed by atoms with van der Waals surface area (Å²) in [6.07, 6.45) is 0.350. The molecule has 1 atom stereocenters. The second-order valence-corrected chi connectivity index (χ2v) is 5.96. The molecule has 2 heteroatoms. The molecule has 15 heavy (non-hydrogen) atoms. The molecule has 0 radical (unpaired) electrons. The zero-order chi connectivity index (χ0) is 12.1. The molecule has 0 aliphatic carbocycles.